The summed E-state index contributed by atoms with van der Waals surface area (Å²) in [6, 6.07) is 18.4. The minimum atomic E-state index is -0.145. The van der Waals surface area contributed by atoms with Crippen LogP contribution in [0.4, 0.5) is 17.2 Å². The number of para-hydroxylation sites is 1. The maximum atomic E-state index is 12.4. The number of rotatable bonds is 6. The number of nitrogens with one attached hydrogen (secondary N) is 1. The van der Waals surface area contributed by atoms with Gasteiger partial charge in [-0.15, -0.1) is 0 Å². The van der Waals surface area contributed by atoms with Crippen molar-refractivity contribution in [2.24, 2.45) is 0 Å². The van der Waals surface area contributed by atoms with Crippen molar-refractivity contribution in [1.82, 2.24) is 4.98 Å². The fourth-order valence-electron chi connectivity index (χ4n) is 2.46. The maximum Gasteiger partial charge on any atom is 0.185 e. The van der Waals surface area contributed by atoms with Crippen molar-refractivity contribution in [3.05, 3.63) is 84.1 Å². The molecule has 5 heteroatoms. The fourth-order valence-corrected chi connectivity index (χ4v) is 2.46. The number of methoxy groups -OCH3 is 1. The molecule has 0 aliphatic rings. The molecular weight excluding hydrogens is 326 g/mol. The molecule has 0 fully saturated rings. The van der Waals surface area contributed by atoms with E-state index in [1.165, 1.54) is 13.2 Å². The van der Waals surface area contributed by atoms with Crippen LogP contribution < -0.4 is 15.8 Å². The number of carbonyl (C=O) groups excluding carboxylic acids is 1. The number of nitrogen functional groups attached to an aromatic ring is 1. The van der Waals surface area contributed by atoms with E-state index in [-0.39, 0.29) is 5.78 Å². The maximum absolute atomic E-state index is 12.4. The highest BCUT2D eigenvalue weighted by Gasteiger charge is 2.07. The van der Waals surface area contributed by atoms with Gasteiger partial charge in [-0.1, -0.05) is 18.2 Å². The SMILES string of the molecule is COc1ccc(C(=O)C=Cc2cccnc2Nc2ccccc2)cc1N. The molecule has 130 valence electrons. The van der Waals surface area contributed by atoms with Crippen LogP contribution in [0.15, 0.2) is 72.9 Å². The van der Waals surface area contributed by atoms with Gasteiger partial charge in [-0.2, -0.15) is 0 Å². The van der Waals surface area contributed by atoms with E-state index in [1.54, 1.807) is 30.5 Å². The van der Waals surface area contributed by atoms with Crippen molar-refractivity contribution < 1.29 is 9.53 Å². The summed E-state index contributed by atoms with van der Waals surface area (Å²) in [4.78, 5) is 16.8. The lowest BCUT2D eigenvalue weighted by Crippen LogP contribution is -1.99. The van der Waals surface area contributed by atoms with E-state index in [9.17, 15) is 4.79 Å². The lowest BCUT2D eigenvalue weighted by Gasteiger charge is -2.08. The Morgan fingerprint density at radius 3 is 2.65 bits per heavy atom. The van der Waals surface area contributed by atoms with Crippen LogP contribution in [-0.2, 0) is 0 Å². The summed E-state index contributed by atoms with van der Waals surface area (Å²) in [6.45, 7) is 0. The number of anilines is 3. The molecule has 5 nitrogen and oxygen atoms in total. The van der Waals surface area contributed by atoms with Gasteiger partial charge in [0, 0.05) is 23.0 Å². The predicted octanol–water partition coefficient (Wildman–Crippen LogP) is 4.31. The van der Waals surface area contributed by atoms with Crippen LogP contribution >= 0.6 is 0 Å². The second-order valence-electron chi connectivity index (χ2n) is 5.59. The Hall–Kier alpha value is -3.60. The predicted molar refractivity (Wildman–Crippen MR) is 105 cm³/mol. The molecule has 0 bridgehead atoms. The number of ether oxygens (including phenoxy) is 1. The van der Waals surface area contributed by atoms with E-state index >= 15 is 0 Å². The molecule has 0 aliphatic heterocycles. The minimum absolute atomic E-state index is 0.145. The lowest BCUT2D eigenvalue weighted by molar-refractivity contribution is 0.104. The number of allylic oxidation sites excluding steroid dienone is 1. The number of ketones is 1. The Bertz CT molecular complexity index is 937. The van der Waals surface area contributed by atoms with Gasteiger partial charge in [0.1, 0.15) is 11.6 Å². The second kappa shape index (κ2) is 7.98. The Morgan fingerprint density at radius 1 is 1.12 bits per heavy atom. The summed E-state index contributed by atoms with van der Waals surface area (Å²) in [7, 11) is 1.54. The smallest absolute Gasteiger partial charge is 0.185 e. The normalized spacial score (nSPS) is 10.7. The van der Waals surface area contributed by atoms with Gasteiger partial charge >= 0.3 is 0 Å². The third-order valence-corrected chi connectivity index (χ3v) is 3.80. The summed E-state index contributed by atoms with van der Waals surface area (Å²) >= 11 is 0. The Balaban J connectivity index is 1.80. The number of carbonyl (C=O) groups is 1. The largest absolute Gasteiger partial charge is 0.495 e. The number of nitrogens with two attached hydrogens (primary N) is 1. The van der Waals surface area contributed by atoms with Gasteiger partial charge in [-0.05, 0) is 54.6 Å². The van der Waals surface area contributed by atoms with Crippen LogP contribution in [0.25, 0.3) is 6.08 Å². The molecule has 0 aliphatic carbocycles. The average molecular weight is 345 g/mol. The van der Waals surface area contributed by atoms with Crippen molar-refractivity contribution in [3.63, 3.8) is 0 Å². The number of pyridine rings is 1. The van der Waals surface area contributed by atoms with Gasteiger partial charge in [0.25, 0.3) is 0 Å². The Kier molecular flexibility index (Phi) is 5.29. The van der Waals surface area contributed by atoms with Gasteiger partial charge < -0.3 is 15.8 Å². The average Bonchev–Trinajstić information content (AvgIpc) is 2.68. The minimum Gasteiger partial charge on any atom is -0.495 e. The highest BCUT2D eigenvalue weighted by molar-refractivity contribution is 6.07. The molecule has 1 aromatic heterocycles. The Labute approximate surface area is 152 Å². The molecule has 3 aromatic rings. The van der Waals surface area contributed by atoms with E-state index in [0.717, 1.165) is 11.3 Å². The third-order valence-electron chi connectivity index (χ3n) is 3.80. The molecule has 0 saturated carbocycles. The summed E-state index contributed by atoms with van der Waals surface area (Å²) < 4.78 is 5.11. The summed E-state index contributed by atoms with van der Waals surface area (Å²) in [5, 5.41) is 3.25. The van der Waals surface area contributed by atoms with Gasteiger partial charge in [0.15, 0.2) is 5.78 Å². The van der Waals surface area contributed by atoms with Crippen LogP contribution in [0.5, 0.6) is 5.75 Å². The first-order chi connectivity index (χ1) is 12.7. The highest BCUT2D eigenvalue weighted by atomic mass is 16.5. The van der Waals surface area contributed by atoms with Crippen molar-refractivity contribution in [1.29, 1.82) is 0 Å². The highest BCUT2D eigenvalue weighted by Crippen LogP contribution is 2.23. The quantitative estimate of drug-likeness (QED) is 0.395. The first kappa shape index (κ1) is 17.2. The van der Waals surface area contributed by atoms with Crippen LogP contribution in [0.2, 0.25) is 0 Å². The topological polar surface area (TPSA) is 77.2 Å². The first-order valence-corrected chi connectivity index (χ1v) is 8.10. The molecule has 0 atom stereocenters. The van der Waals surface area contributed by atoms with E-state index < -0.39 is 0 Å². The van der Waals surface area contributed by atoms with Crippen molar-refractivity contribution >= 4 is 29.1 Å². The van der Waals surface area contributed by atoms with E-state index in [4.69, 9.17) is 10.5 Å². The molecular formula is C21H19N3O2. The summed E-state index contributed by atoms with van der Waals surface area (Å²) in [5.41, 5.74) is 8.53. The fraction of sp³-hybridized carbons (Fsp3) is 0.0476. The van der Waals surface area contributed by atoms with Crippen LogP contribution in [0.1, 0.15) is 15.9 Å². The van der Waals surface area contributed by atoms with Gasteiger partial charge in [0.2, 0.25) is 0 Å². The third kappa shape index (κ3) is 4.08. The van der Waals surface area contributed by atoms with Gasteiger partial charge in [-0.3, -0.25) is 4.79 Å². The van der Waals surface area contributed by atoms with Gasteiger partial charge in [0.05, 0.1) is 12.8 Å². The van der Waals surface area contributed by atoms with Crippen molar-refractivity contribution in [2.75, 3.05) is 18.2 Å². The zero-order valence-electron chi connectivity index (χ0n) is 14.3. The summed E-state index contributed by atoms with van der Waals surface area (Å²) in [5.74, 6) is 1.08. The van der Waals surface area contributed by atoms with Crippen LogP contribution in [-0.4, -0.2) is 17.9 Å². The Morgan fingerprint density at radius 2 is 1.92 bits per heavy atom. The second-order valence-corrected chi connectivity index (χ2v) is 5.59. The molecule has 0 spiro atoms. The van der Waals surface area contributed by atoms with Gasteiger partial charge in [-0.25, -0.2) is 4.98 Å². The van der Waals surface area contributed by atoms with Crippen molar-refractivity contribution in [2.45, 2.75) is 0 Å². The number of hydrogen-bond donors (Lipinski definition) is 2. The number of benzene rings is 2. The molecule has 26 heavy (non-hydrogen) atoms. The van der Waals surface area contributed by atoms with E-state index in [2.05, 4.69) is 10.3 Å². The molecule has 1 heterocycles. The molecule has 2 aromatic carbocycles. The van der Waals surface area contributed by atoms with Crippen LogP contribution in [0.3, 0.4) is 0 Å². The molecule has 0 saturated heterocycles. The van der Waals surface area contributed by atoms with E-state index in [1.807, 2.05) is 42.5 Å². The number of nitrogens with zero attached hydrogens (tertiary/aromatic N) is 1. The zero-order chi connectivity index (χ0) is 18.4. The molecule has 0 radical (unpaired) electrons. The van der Waals surface area contributed by atoms with Crippen molar-refractivity contribution in [3.8, 4) is 5.75 Å². The summed E-state index contributed by atoms with van der Waals surface area (Å²) in [6.07, 6.45) is 4.95. The monoisotopic (exact) mass is 345 g/mol. The standard InChI is InChI=1S/C21H19N3O2/c1-26-20-12-10-16(14-18(20)22)19(25)11-9-15-6-5-13-23-21(15)24-17-7-3-2-4-8-17/h2-14H,22H2,1H3,(H,23,24). The first-order valence-electron chi connectivity index (χ1n) is 8.10. The molecule has 0 amide bonds. The molecule has 0 unspecified atom stereocenters. The lowest BCUT2D eigenvalue weighted by atomic mass is 10.1. The zero-order valence-corrected chi connectivity index (χ0v) is 14.3. The molecule has 3 N–H and O–H groups in total. The van der Waals surface area contributed by atoms with E-state index in [0.29, 0.717) is 22.8 Å². The van der Waals surface area contributed by atoms with Crippen LogP contribution in [0, 0.1) is 0 Å². The number of hydrogen-bond acceptors (Lipinski definition) is 5. The number of aromatic nitrogens is 1. The molecule has 3 rings (SSSR count).